The van der Waals surface area contributed by atoms with Crippen LogP contribution in [0.3, 0.4) is 0 Å². The molecule has 0 amide bonds. The van der Waals surface area contributed by atoms with Crippen LogP contribution in [-0.2, 0) is 25.0 Å². The average molecular weight is 500 g/mol. The minimum Gasteiger partial charge on any atom is -0.404 e. The summed E-state index contributed by atoms with van der Waals surface area (Å²) in [5, 5.41) is 10.0. The molecule has 2 aliphatic rings. The monoisotopic (exact) mass is 500 g/mol. The SMILES string of the molecule is O=c1[nH]c(=O)n(C2OC(COP3(=O)OCc4ccccc4O3)(C(F)F)C(F)(F)C2O)cc1F. The lowest BCUT2D eigenvalue weighted by Crippen LogP contribution is -2.57. The van der Waals surface area contributed by atoms with Crippen molar-refractivity contribution in [2.75, 3.05) is 6.61 Å². The van der Waals surface area contributed by atoms with Crippen LogP contribution in [0.5, 0.6) is 5.75 Å². The number of hydrogen-bond donors (Lipinski definition) is 2. The number of fused-ring (bicyclic) bond motifs is 1. The summed E-state index contributed by atoms with van der Waals surface area (Å²) in [7, 11) is -4.68. The van der Waals surface area contributed by atoms with Crippen molar-refractivity contribution < 1.29 is 49.9 Å². The summed E-state index contributed by atoms with van der Waals surface area (Å²) in [6.45, 7) is -2.16. The van der Waals surface area contributed by atoms with Crippen LogP contribution in [0.15, 0.2) is 40.1 Å². The molecule has 4 atom stereocenters. The van der Waals surface area contributed by atoms with Crippen LogP contribution in [0.4, 0.5) is 22.0 Å². The molecule has 1 aromatic heterocycles. The predicted molar refractivity (Wildman–Crippen MR) is 96.5 cm³/mol. The molecule has 0 aliphatic carbocycles. The Morgan fingerprint density at radius 3 is 2.70 bits per heavy atom. The van der Waals surface area contributed by atoms with Gasteiger partial charge in [-0.3, -0.25) is 23.4 Å². The molecule has 0 bridgehead atoms. The number of aliphatic hydroxyl groups excluding tert-OH is 1. The molecule has 16 heteroatoms. The number of aromatic amines is 1. The Bertz CT molecular complexity index is 1240. The fraction of sp³-hybridized carbons (Fsp3) is 0.412. The number of ether oxygens (including phenoxy) is 1. The molecule has 10 nitrogen and oxygen atoms in total. The minimum absolute atomic E-state index is 0.00505. The number of halogens is 5. The van der Waals surface area contributed by atoms with E-state index in [0.717, 1.165) is 0 Å². The predicted octanol–water partition coefficient (Wildman–Crippen LogP) is 1.94. The van der Waals surface area contributed by atoms with E-state index < -0.39 is 61.8 Å². The van der Waals surface area contributed by atoms with E-state index >= 15 is 0 Å². The lowest BCUT2D eigenvalue weighted by molar-refractivity contribution is -0.243. The Balaban J connectivity index is 1.65. The fourth-order valence-corrected chi connectivity index (χ4v) is 4.53. The number of phosphoric ester groups is 1. The highest BCUT2D eigenvalue weighted by atomic mass is 31.2. The highest BCUT2D eigenvalue weighted by Crippen LogP contribution is 2.58. The first-order chi connectivity index (χ1) is 15.4. The van der Waals surface area contributed by atoms with Gasteiger partial charge in [-0.15, -0.1) is 0 Å². The number of hydrogen-bond acceptors (Lipinski definition) is 8. The lowest BCUT2D eigenvalue weighted by Gasteiger charge is -2.34. The summed E-state index contributed by atoms with van der Waals surface area (Å²) in [5.74, 6) is -6.44. The average Bonchev–Trinajstić information content (AvgIpc) is 2.96. The number of alkyl halides is 4. The fourth-order valence-electron chi connectivity index (χ4n) is 3.28. The normalized spacial score (nSPS) is 30.8. The number of aromatic nitrogens is 2. The zero-order chi connectivity index (χ0) is 24.2. The van der Waals surface area contributed by atoms with Crippen LogP contribution in [0.25, 0.3) is 0 Å². The topological polar surface area (TPSA) is 129 Å². The van der Waals surface area contributed by atoms with Gasteiger partial charge in [-0.1, -0.05) is 18.2 Å². The molecule has 3 heterocycles. The van der Waals surface area contributed by atoms with Gasteiger partial charge in [-0.05, 0) is 6.07 Å². The maximum Gasteiger partial charge on any atom is 0.530 e. The second kappa shape index (κ2) is 8.02. The zero-order valence-corrected chi connectivity index (χ0v) is 17.0. The Hall–Kier alpha value is -2.58. The Morgan fingerprint density at radius 1 is 1.30 bits per heavy atom. The molecular weight excluding hydrogens is 486 g/mol. The zero-order valence-electron chi connectivity index (χ0n) is 16.1. The third kappa shape index (κ3) is 3.79. The van der Waals surface area contributed by atoms with Crippen molar-refractivity contribution in [2.45, 2.75) is 36.9 Å². The van der Waals surface area contributed by atoms with Gasteiger partial charge in [0, 0.05) is 5.56 Å². The van der Waals surface area contributed by atoms with Crippen molar-refractivity contribution in [1.29, 1.82) is 0 Å². The Labute approximate surface area is 180 Å². The molecule has 0 radical (unpaired) electrons. The van der Waals surface area contributed by atoms with Crippen molar-refractivity contribution in [3.8, 4) is 5.75 Å². The molecule has 0 saturated carbocycles. The highest BCUT2D eigenvalue weighted by molar-refractivity contribution is 7.49. The van der Waals surface area contributed by atoms with Gasteiger partial charge in [0.05, 0.1) is 12.8 Å². The van der Waals surface area contributed by atoms with Crippen molar-refractivity contribution in [3.63, 3.8) is 0 Å². The van der Waals surface area contributed by atoms with E-state index in [9.17, 15) is 41.2 Å². The summed E-state index contributed by atoms with van der Waals surface area (Å²) in [5.41, 5.74) is -6.56. The Morgan fingerprint density at radius 2 is 2.00 bits per heavy atom. The molecule has 2 aromatic rings. The van der Waals surface area contributed by atoms with Crippen LogP contribution in [-0.4, -0.2) is 45.3 Å². The van der Waals surface area contributed by atoms with Gasteiger partial charge in [0.2, 0.25) is 11.4 Å². The summed E-state index contributed by atoms with van der Waals surface area (Å²) in [6, 6.07) is 5.99. The number of phosphoric acid groups is 1. The number of aliphatic hydroxyl groups is 1. The van der Waals surface area contributed by atoms with Gasteiger partial charge < -0.3 is 14.4 Å². The quantitative estimate of drug-likeness (QED) is 0.471. The van der Waals surface area contributed by atoms with E-state index in [1.165, 1.54) is 23.2 Å². The van der Waals surface area contributed by atoms with E-state index in [4.69, 9.17) is 13.6 Å². The number of nitrogens with zero attached hydrogens (tertiary/aromatic N) is 1. The standard InChI is InChI=1S/C17H14F5N2O8P/c18-9-5-24(15(27)23-12(9)26)13-11(25)17(21,22)16(31-13,14(19)20)7-30-33(28)29-6-8-3-1-2-4-10(8)32-33/h1-5,11,13-14,25H,6-7H2,(H,23,26,27). The molecule has 0 spiro atoms. The van der Waals surface area contributed by atoms with E-state index in [1.807, 2.05) is 0 Å². The van der Waals surface area contributed by atoms with Gasteiger partial charge in [-0.25, -0.2) is 18.1 Å². The molecule has 180 valence electrons. The molecule has 4 rings (SSSR count). The first-order valence-electron chi connectivity index (χ1n) is 9.10. The molecular formula is C17H14F5N2O8P. The van der Waals surface area contributed by atoms with Gasteiger partial charge in [-0.2, -0.15) is 13.2 Å². The summed E-state index contributed by atoms with van der Waals surface area (Å²) in [4.78, 5) is 24.5. The van der Waals surface area contributed by atoms with Crippen molar-refractivity contribution in [2.24, 2.45) is 0 Å². The molecule has 1 aromatic carbocycles. The largest absolute Gasteiger partial charge is 0.530 e. The van der Waals surface area contributed by atoms with E-state index in [1.54, 1.807) is 6.07 Å². The van der Waals surface area contributed by atoms with Gasteiger partial charge in [0.15, 0.2) is 12.3 Å². The number of rotatable bonds is 5. The van der Waals surface area contributed by atoms with Gasteiger partial charge in [0.1, 0.15) is 12.4 Å². The van der Waals surface area contributed by atoms with Crippen LogP contribution in [0.1, 0.15) is 11.8 Å². The molecule has 2 aliphatic heterocycles. The summed E-state index contributed by atoms with van der Waals surface area (Å²) in [6.07, 6.45) is -9.64. The van der Waals surface area contributed by atoms with E-state index in [2.05, 4.69) is 4.74 Å². The first-order valence-corrected chi connectivity index (χ1v) is 10.6. The number of benzene rings is 1. The van der Waals surface area contributed by atoms with Crippen LogP contribution in [0, 0.1) is 5.82 Å². The second-order valence-electron chi connectivity index (χ2n) is 7.10. The molecule has 1 fully saturated rings. The summed E-state index contributed by atoms with van der Waals surface area (Å²) >= 11 is 0. The highest BCUT2D eigenvalue weighted by Gasteiger charge is 2.74. The second-order valence-corrected chi connectivity index (χ2v) is 8.70. The molecule has 1 saturated heterocycles. The van der Waals surface area contributed by atoms with Crippen molar-refractivity contribution >= 4 is 7.82 Å². The molecule has 33 heavy (non-hydrogen) atoms. The third-order valence-corrected chi connectivity index (χ3v) is 6.40. The minimum atomic E-state index is -4.81. The van der Waals surface area contributed by atoms with Gasteiger partial charge in [0.25, 0.3) is 12.0 Å². The number of para-hydroxylation sites is 1. The Kier molecular flexibility index (Phi) is 5.73. The van der Waals surface area contributed by atoms with Crippen LogP contribution in [0.2, 0.25) is 0 Å². The van der Waals surface area contributed by atoms with Crippen LogP contribution < -0.4 is 15.8 Å². The van der Waals surface area contributed by atoms with Crippen LogP contribution >= 0.6 is 7.82 Å². The van der Waals surface area contributed by atoms with Gasteiger partial charge >= 0.3 is 19.4 Å². The maximum atomic E-state index is 14.9. The first kappa shape index (κ1) is 23.6. The molecule has 2 N–H and O–H groups in total. The number of nitrogens with one attached hydrogen (secondary N) is 1. The maximum absolute atomic E-state index is 14.9. The third-order valence-electron chi connectivity index (χ3n) is 5.09. The smallest absolute Gasteiger partial charge is 0.404 e. The lowest BCUT2D eigenvalue weighted by atomic mass is 9.95. The van der Waals surface area contributed by atoms with E-state index in [-0.39, 0.29) is 23.1 Å². The van der Waals surface area contributed by atoms with Crippen molar-refractivity contribution in [3.05, 3.63) is 62.7 Å². The van der Waals surface area contributed by atoms with Crippen molar-refractivity contribution in [1.82, 2.24) is 9.55 Å². The van der Waals surface area contributed by atoms with E-state index in [0.29, 0.717) is 5.56 Å². The molecule has 4 unspecified atom stereocenters. The number of H-pyrrole nitrogens is 1. The summed E-state index contributed by atoms with van der Waals surface area (Å²) < 4.78 is 103.